The van der Waals surface area contributed by atoms with Crippen molar-refractivity contribution in [3.05, 3.63) is 46.2 Å². The van der Waals surface area contributed by atoms with Gasteiger partial charge in [-0.1, -0.05) is 11.6 Å². The summed E-state index contributed by atoms with van der Waals surface area (Å²) >= 11 is 12.0. The molecule has 0 radical (unpaired) electrons. The monoisotopic (exact) mass is 325 g/mol. The Kier molecular flexibility index (Phi) is 4.64. The van der Waals surface area contributed by atoms with Gasteiger partial charge < -0.3 is 9.30 Å². The molecule has 3 nitrogen and oxygen atoms in total. The predicted octanol–water partition coefficient (Wildman–Crippen LogP) is 4.57. The fourth-order valence-corrected chi connectivity index (χ4v) is 2.72. The predicted molar refractivity (Wildman–Crippen MR) is 86.5 cm³/mol. The van der Waals surface area contributed by atoms with Crippen LogP contribution in [0.5, 0.6) is 5.75 Å². The van der Waals surface area contributed by atoms with E-state index in [0.29, 0.717) is 16.3 Å². The average molecular weight is 326 g/mol. The molecule has 0 bridgehead atoms. The standard InChI is InChI=1S/C16H17Cl2NO2/c1-9-7-13(16(20)10(2)17)11(3)19(9)14-8-12(18)5-6-15(14)21-4/h5-8,10H,1-4H3. The molecule has 1 unspecified atom stereocenters. The Morgan fingerprint density at radius 1 is 1.29 bits per heavy atom. The third kappa shape index (κ3) is 2.94. The fraction of sp³-hybridized carbons (Fsp3) is 0.312. The molecule has 0 aliphatic heterocycles. The summed E-state index contributed by atoms with van der Waals surface area (Å²) in [5.74, 6) is 0.608. The first-order valence-electron chi connectivity index (χ1n) is 6.58. The number of methoxy groups -OCH3 is 1. The van der Waals surface area contributed by atoms with Crippen molar-refractivity contribution in [2.24, 2.45) is 0 Å². The summed E-state index contributed by atoms with van der Waals surface area (Å²) in [5, 5.41) is 0.0529. The van der Waals surface area contributed by atoms with Gasteiger partial charge in [-0.15, -0.1) is 11.6 Å². The molecule has 0 spiro atoms. The number of carbonyl (C=O) groups excluding carboxylic acids is 1. The minimum absolute atomic E-state index is 0.0861. The van der Waals surface area contributed by atoms with Crippen LogP contribution in [0.15, 0.2) is 24.3 Å². The van der Waals surface area contributed by atoms with Gasteiger partial charge in [0.2, 0.25) is 0 Å². The number of nitrogens with zero attached hydrogens (tertiary/aromatic N) is 1. The molecular formula is C16H17Cl2NO2. The van der Waals surface area contributed by atoms with Crippen LogP contribution in [0.2, 0.25) is 5.02 Å². The third-order valence-corrected chi connectivity index (χ3v) is 3.87. The van der Waals surface area contributed by atoms with Crippen molar-refractivity contribution < 1.29 is 9.53 Å². The van der Waals surface area contributed by atoms with Crippen LogP contribution in [0.25, 0.3) is 5.69 Å². The van der Waals surface area contributed by atoms with E-state index in [4.69, 9.17) is 27.9 Å². The maximum Gasteiger partial charge on any atom is 0.182 e. The summed E-state index contributed by atoms with van der Waals surface area (Å²) in [7, 11) is 1.60. The second-order valence-electron chi connectivity index (χ2n) is 4.92. The molecule has 1 atom stereocenters. The number of aryl methyl sites for hydroxylation is 1. The maximum atomic E-state index is 12.2. The molecule has 0 saturated heterocycles. The van der Waals surface area contributed by atoms with Crippen molar-refractivity contribution >= 4 is 29.0 Å². The number of ether oxygens (including phenoxy) is 1. The number of alkyl halides is 1. The van der Waals surface area contributed by atoms with Crippen molar-refractivity contribution in [3.63, 3.8) is 0 Å². The SMILES string of the molecule is COc1ccc(Cl)cc1-n1c(C)cc(C(=O)C(C)Cl)c1C. The summed E-state index contributed by atoms with van der Waals surface area (Å²) in [6.07, 6.45) is 0. The van der Waals surface area contributed by atoms with Crippen molar-refractivity contribution in [3.8, 4) is 11.4 Å². The lowest BCUT2D eigenvalue weighted by atomic mass is 10.1. The molecule has 0 saturated carbocycles. The van der Waals surface area contributed by atoms with Gasteiger partial charge in [0.05, 0.1) is 18.2 Å². The van der Waals surface area contributed by atoms with E-state index >= 15 is 0 Å². The molecule has 21 heavy (non-hydrogen) atoms. The van der Waals surface area contributed by atoms with E-state index in [1.54, 1.807) is 20.1 Å². The number of ketones is 1. The van der Waals surface area contributed by atoms with Crippen molar-refractivity contribution in [2.45, 2.75) is 26.1 Å². The van der Waals surface area contributed by atoms with E-state index in [0.717, 1.165) is 17.1 Å². The van der Waals surface area contributed by atoms with E-state index in [-0.39, 0.29) is 5.78 Å². The summed E-state index contributed by atoms with van der Waals surface area (Å²) < 4.78 is 7.35. The molecule has 1 aromatic heterocycles. The van der Waals surface area contributed by atoms with Gasteiger partial charge in [0.1, 0.15) is 5.75 Å². The van der Waals surface area contributed by atoms with Crippen LogP contribution in [0.4, 0.5) is 0 Å². The second-order valence-corrected chi connectivity index (χ2v) is 6.01. The highest BCUT2D eigenvalue weighted by molar-refractivity contribution is 6.33. The number of Topliss-reactive ketones (excluding diaryl/α,β-unsaturated/α-hetero) is 1. The van der Waals surface area contributed by atoms with Gasteiger partial charge in [0, 0.05) is 22.0 Å². The molecular weight excluding hydrogens is 309 g/mol. The molecule has 0 fully saturated rings. The Bertz CT molecular complexity index is 690. The summed E-state index contributed by atoms with van der Waals surface area (Å²) in [5.41, 5.74) is 3.18. The average Bonchev–Trinajstić information content (AvgIpc) is 2.72. The Balaban J connectivity index is 2.66. The topological polar surface area (TPSA) is 31.2 Å². The zero-order chi connectivity index (χ0) is 15.7. The van der Waals surface area contributed by atoms with Crippen LogP contribution < -0.4 is 4.74 Å². The highest BCUT2D eigenvalue weighted by Gasteiger charge is 2.21. The van der Waals surface area contributed by atoms with Crippen molar-refractivity contribution in [1.82, 2.24) is 4.57 Å². The molecule has 0 amide bonds. The van der Waals surface area contributed by atoms with Gasteiger partial charge in [-0.3, -0.25) is 4.79 Å². The van der Waals surface area contributed by atoms with Crippen LogP contribution in [0, 0.1) is 13.8 Å². The first-order valence-corrected chi connectivity index (χ1v) is 7.39. The van der Waals surface area contributed by atoms with Gasteiger partial charge in [-0.2, -0.15) is 0 Å². The van der Waals surface area contributed by atoms with Gasteiger partial charge in [-0.25, -0.2) is 0 Å². The number of hydrogen-bond donors (Lipinski definition) is 0. The van der Waals surface area contributed by atoms with Crippen molar-refractivity contribution in [1.29, 1.82) is 0 Å². The lowest BCUT2D eigenvalue weighted by molar-refractivity contribution is 0.0991. The van der Waals surface area contributed by atoms with Gasteiger partial charge in [0.25, 0.3) is 0 Å². The van der Waals surface area contributed by atoms with Crippen LogP contribution in [-0.4, -0.2) is 22.8 Å². The summed E-state index contributed by atoms with van der Waals surface area (Å²) in [6, 6.07) is 7.24. The molecule has 2 rings (SSSR count). The smallest absolute Gasteiger partial charge is 0.182 e. The molecule has 1 aromatic carbocycles. The third-order valence-electron chi connectivity index (χ3n) is 3.44. The van der Waals surface area contributed by atoms with Gasteiger partial charge >= 0.3 is 0 Å². The summed E-state index contributed by atoms with van der Waals surface area (Å²) in [4.78, 5) is 12.2. The normalized spacial score (nSPS) is 12.3. The zero-order valence-corrected chi connectivity index (χ0v) is 13.9. The van der Waals surface area contributed by atoms with Crippen LogP contribution in [0.3, 0.4) is 0 Å². The van der Waals surface area contributed by atoms with Crippen LogP contribution in [-0.2, 0) is 0 Å². The molecule has 0 aliphatic carbocycles. The van der Waals surface area contributed by atoms with E-state index in [2.05, 4.69) is 0 Å². The van der Waals surface area contributed by atoms with Crippen molar-refractivity contribution in [2.75, 3.05) is 7.11 Å². The molecule has 2 aromatic rings. The van der Waals surface area contributed by atoms with Gasteiger partial charge in [-0.05, 0) is 45.0 Å². The Hall–Kier alpha value is -1.45. The lowest BCUT2D eigenvalue weighted by Gasteiger charge is -2.14. The Labute approximate surface area is 134 Å². The first kappa shape index (κ1) is 15.9. The van der Waals surface area contributed by atoms with E-state index < -0.39 is 5.38 Å². The minimum Gasteiger partial charge on any atom is -0.495 e. The number of aromatic nitrogens is 1. The minimum atomic E-state index is -0.555. The maximum absolute atomic E-state index is 12.2. The highest BCUT2D eigenvalue weighted by atomic mass is 35.5. The number of rotatable bonds is 4. The number of benzene rings is 1. The van der Waals surface area contributed by atoms with E-state index in [1.807, 2.05) is 36.6 Å². The molecule has 5 heteroatoms. The largest absolute Gasteiger partial charge is 0.495 e. The number of hydrogen-bond acceptors (Lipinski definition) is 2. The first-order chi connectivity index (χ1) is 9.86. The van der Waals surface area contributed by atoms with Crippen LogP contribution in [0.1, 0.15) is 28.7 Å². The van der Waals surface area contributed by atoms with E-state index in [1.165, 1.54) is 0 Å². The summed E-state index contributed by atoms with van der Waals surface area (Å²) in [6.45, 7) is 5.50. The zero-order valence-electron chi connectivity index (χ0n) is 12.4. The van der Waals surface area contributed by atoms with Gasteiger partial charge in [0.15, 0.2) is 5.78 Å². The molecule has 1 heterocycles. The fourth-order valence-electron chi connectivity index (χ4n) is 2.44. The second kappa shape index (κ2) is 6.12. The molecule has 0 N–H and O–H groups in total. The Morgan fingerprint density at radius 3 is 2.52 bits per heavy atom. The number of halogens is 2. The molecule has 112 valence electrons. The lowest BCUT2D eigenvalue weighted by Crippen LogP contribution is -2.12. The Morgan fingerprint density at radius 2 is 1.95 bits per heavy atom. The molecule has 0 aliphatic rings. The van der Waals surface area contributed by atoms with E-state index in [9.17, 15) is 4.79 Å². The van der Waals surface area contributed by atoms with Crippen LogP contribution >= 0.6 is 23.2 Å². The quantitative estimate of drug-likeness (QED) is 0.609. The highest BCUT2D eigenvalue weighted by Crippen LogP contribution is 2.31. The number of carbonyl (C=O) groups is 1.